The van der Waals surface area contributed by atoms with Crippen LogP contribution in [0.5, 0.6) is 11.6 Å². The number of aromatic nitrogens is 2. The van der Waals surface area contributed by atoms with Crippen molar-refractivity contribution in [2.45, 2.75) is 0 Å². The van der Waals surface area contributed by atoms with Gasteiger partial charge in [-0.15, -0.1) is 0 Å². The molecule has 6 heteroatoms. The smallest absolute Gasteiger partial charge is 0.355 e. The molecule has 0 fully saturated rings. The van der Waals surface area contributed by atoms with Crippen LogP contribution in [-0.4, -0.2) is 22.8 Å². The number of ether oxygens (including phenoxy) is 2. The summed E-state index contributed by atoms with van der Waals surface area (Å²) in [5, 5.41) is 0. The number of halogens is 1. The quantitative estimate of drug-likeness (QED) is 0.654. The summed E-state index contributed by atoms with van der Waals surface area (Å²) in [7, 11) is 0. The normalized spacial score (nSPS) is 10.4. The van der Waals surface area contributed by atoms with Crippen LogP contribution in [0.2, 0.25) is 0 Å². The van der Waals surface area contributed by atoms with Gasteiger partial charge in [0.05, 0.1) is 5.69 Å². The molecule has 2 aromatic carbocycles. The van der Waals surface area contributed by atoms with Gasteiger partial charge in [-0.2, -0.15) is 4.98 Å². The molecule has 0 saturated carbocycles. The second-order valence-electron chi connectivity index (χ2n) is 4.91. The second-order valence-corrected chi connectivity index (χ2v) is 4.91. The topological polar surface area (TPSA) is 53.4 Å². The molecule has 3 aromatic rings. The van der Waals surface area contributed by atoms with E-state index in [2.05, 4.69) is 4.98 Å². The van der Waals surface area contributed by atoms with Crippen LogP contribution in [0.15, 0.2) is 71.7 Å². The summed E-state index contributed by atoms with van der Waals surface area (Å²) < 4.78 is 25.4. The van der Waals surface area contributed by atoms with Crippen LogP contribution in [0.4, 0.5) is 4.39 Å². The summed E-state index contributed by atoms with van der Waals surface area (Å²) in [4.78, 5) is 15.9. The Morgan fingerprint density at radius 2 is 1.75 bits per heavy atom. The van der Waals surface area contributed by atoms with Crippen molar-refractivity contribution in [1.82, 2.24) is 9.55 Å². The first-order valence-corrected chi connectivity index (χ1v) is 7.39. The van der Waals surface area contributed by atoms with E-state index in [0.717, 1.165) is 5.75 Å². The zero-order chi connectivity index (χ0) is 16.8. The summed E-state index contributed by atoms with van der Waals surface area (Å²) >= 11 is 0. The Morgan fingerprint density at radius 1 is 0.958 bits per heavy atom. The lowest BCUT2D eigenvalue weighted by Crippen LogP contribution is -2.22. The minimum Gasteiger partial charge on any atom is -0.490 e. The van der Waals surface area contributed by atoms with Crippen LogP contribution in [0.1, 0.15) is 0 Å². The zero-order valence-corrected chi connectivity index (χ0v) is 12.8. The van der Waals surface area contributed by atoms with Crippen LogP contribution in [0, 0.1) is 5.82 Å². The van der Waals surface area contributed by atoms with Crippen molar-refractivity contribution in [1.29, 1.82) is 0 Å². The van der Waals surface area contributed by atoms with Gasteiger partial charge >= 0.3 is 5.69 Å². The maximum absolute atomic E-state index is 13.2. The van der Waals surface area contributed by atoms with Crippen molar-refractivity contribution in [3.05, 3.63) is 83.2 Å². The average Bonchev–Trinajstić information content (AvgIpc) is 2.60. The van der Waals surface area contributed by atoms with Crippen molar-refractivity contribution in [2.24, 2.45) is 0 Å². The van der Waals surface area contributed by atoms with Crippen LogP contribution >= 0.6 is 0 Å². The molecule has 3 rings (SSSR count). The lowest BCUT2D eigenvalue weighted by atomic mass is 10.3. The van der Waals surface area contributed by atoms with Gasteiger partial charge in [0, 0.05) is 12.3 Å². The summed E-state index contributed by atoms with van der Waals surface area (Å²) in [6.07, 6.45) is 1.50. The van der Waals surface area contributed by atoms with Crippen molar-refractivity contribution in [3.8, 4) is 17.3 Å². The number of hydrogen-bond donors (Lipinski definition) is 0. The second kappa shape index (κ2) is 7.41. The fourth-order valence-corrected chi connectivity index (χ4v) is 2.11. The predicted octanol–water partition coefficient (Wildman–Crippen LogP) is 2.83. The Hall–Kier alpha value is -3.15. The van der Waals surface area contributed by atoms with Gasteiger partial charge in [0.15, 0.2) is 0 Å². The van der Waals surface area contributed by atoms with E-state index in [9.17, 15) is 9.18 Å². The first-order valence-electron chi connectivity index (χ1n) is 7.39. The molecule has 0 aliphatic heterocycles. The predicted molar refractivity (Wildman–Crippen MR) is 87.2 cm³/mol. The maximum Gasteiger partial charge on any atom is 0.355 e. The van der Waals surface area contributed by atoms with Gasteiger partial charge in [-0.1, -0.05) is 24.3 Å². The van der Waals surface area contributed by atoms with Crippen LogP contribution < -0.4 is 15.2 Å². The van der Waals surface area contributed by atoms with Crippen molar-refractivity contribution >= 4 is 0 Å². The SMILES string of the molecule is O=c1nc(OCCOc2ccccc2)ccn1-c1cccc(F)c1. The fraction of sp³-hybridized carbons (Fsp3) is 0.111. The summed E-state index contributed by atoms with van der Waals surface area (Å²) in [5.74, 6) is 0.526. The van der Waals surface area contributed by atoms with E-state index in [-0.39, 0.29) is 12.5 Å². The molecule has 0 saturated heterocycles. The molecule has 1 aromatic heterocycles. The molecule has 24 heavy (non-hydrogen) atoms. The Kier molecular flexibility index (Phi) is 4.86. The van der Waals surface area contributed by atoms with E-state index in [0.29, 0.717) is 12.3 Å². The first-order chi connectivity index (χ1) is 11.7. The highest BCUT2D eigenvalue weighted by molar-refractivity contribution is 5.32. The number of nitrogens with zero attached hydrogens (tertiary/aromatic N) is 2. The van der Waals surface area contributed by atoms with E-state index in [4.69, 9.17) is 9.47 Å². The van der Waals surface area contributed by atoms with Gasteiger partial charge in [-0.05, 0) is 30.3 Å². The monoisotopic (exact) mass is 326 g/mol. The third-order valence-electron chi connectivity index (χ3n) is 3.21. The molecule has 5 nitrogen and oxygen atoms in total. The lowest BCUT2D eigenvalue weighted by Gasteiger charge is -2.09. The molecule has 0 N–H and O–H groups in total. The van der Waals surface area contributed by atoms with Crippen LogP contribution in [-0.2, 0) is 0 Å². The molecule has 0 amide bonds. The van der Waals surface area contributed by atoms with E-state index in [1.54, 1.807) is 12.1 Å². The summed E-state index contributed by atoms with van der Waals surface area (Å²) in [5.41, 5.74) is -0.131. The van der Waals surface area contributed by atoms with Gasteiger partial charge < -0.3 is 9.47 Å². The number of hydrogen-bond acceptors (Lipinski definition) is 4. The first kappa shape index (κ1) is 15.7. The van der Waals surface area contributed by atoms with E-state index < -0.39 is 11.5 Å². The van der Waals surface area contributed by atoms with Gasteiger partial charge in [0.2, 0.25) is 5.88 Å². The Labute approximate surface area is 137 Å². The van der Waals surface area contributed by atoms with Gasteiger partial charge in [-0.3, -0.25) is 4.57 Å². The molecule has 0 unspecified atom stereocenters. The van der Waals surface area contributed by atoms with Gasteiger partial charge in [0.25, 0.3) is 0 Å². The lowest BCUT2D eigenvalue weighted by molar-refractivity contribution is 0.211. The molecule has 0 aliphatic carbocycles. The zero-order valence-electron chi connectivity index (χ0n) is 12.8. The molecular formula is C18H15FN2O3. The number of rotatable bonds is 6. The molecule has 1 heterocycles. The van der Waals surface area contributed by atoms with Crippen molar-refractivity contribution in [3.63, 3.8) is 0 Å². The fourth-order valence-electron chi connectivity index (χ4n) is 2.11. The number of benzene rings is 2. The Morgan fingerprint density at radius 3 is 2.50 bits per heavy atom. The molecule has 0 aliphatic rings. The minimum atomic E-state index is -0.540. The minimum absolute atomic E-state index is 0.198. The van der Waals surface area contributed by atoms with Crippen LogP contribution in [0.3, 0.4) is 0 Å². The maximum atomic E-state index is 13.2. The van der Waals surface area contributed by atoms with E-state index in [1.165, 1.54) is 29.0 Å². The Bertz CT molecular complexity index is 865. The van der Waals surface area contributed by atoms with E-state index >= 15 is 0 Å². The van der Waals surface area contributed by atoms with Gasteiger partial charge in [-0.25, -0.2) is 9.18 Å². The van der Waals surface area contributed by atoms with E-state index in [1.807, 2.05) is 30.3 Å². The number of para-hydroxylation sites is 1. The molecule has 0 atom stereocenters. The average molecular weight is 326 g/mol. The van der Waals surface area contributed by atoms with Crippen molar-refractivity contribution < 1.29 is 13.9 Å². The Balaban J connectivity index is 1.60. The largest absolute Gasteiger partial charge is 0.490 e. The molecule has 0 radical (unpaired) electrons. The molecule has 0 spiro atoms. The van der Waals surface area contributed by atoms with Crippen molar-refractivity contribution in [2.75, 3.05) is 13.2 Å². The third-order valence-corrected chi connectivity index (χ3v) is 3.21. The highest BCUT2D eigenvalue weighted by atomic mass is 19.1. The molecule has 122 valence electrons. The highest BCUT2D eigenvalue weighted by Gasteiger charge is 2.04. The third kappa shape index (κ3) is 3.98. The standard InChI is InChI=1S/C18H15FN2O3/c19-14-5-4-6-15(13-14)21-10-9-17(20-18(21)22)24-12-11-23-16-7-2-1-3-8-16/h1-10,13H,11-12H2. The summed E-state index contributed by atoms with van der Waals surface area (Å²) in [6.45, 7) is 0.587. The van der Waals surface area contributed by atoms with Gasteiger partial charge in [0.1, 0.15) is 24.8 Å². The molecular weight excluding hydrogens is 311 g/mol. The molecule has 0 bridgehead atoms. The highest BCUT2D eigenvalue weighted by Crippen LogP contribution is 2.10. The van der Waals surface area contributed by atoms with Crippen LogP contribution in [0.25, 0.3) is 5.69 Å². The summed E-state index contributed by atoms with van der Waals surface area (Å²) in [6, 6.07) is 16.6.